The molecule has 0 aliphatic carbocycles. The van der Waals surface area contributed by atoms with Gasteiger partial charge in [-0.15, -0.1) is 6.58 Å². The third-order valence-electron chi connectivity index (χ3n) is 2.19. The molecule has 0 aliphatic rings. The van der Waals surface area contributed by atoms with Crippen LogP contribution in [-0.2, 0) is 0 Å². The Hall–Kier alpha value is -1.59. The second-order valence-corrected chi connectivity index (χ2v) is 3.99. The van der Waals surface area contributed by atoms with Crippen molar-refractivity contribution in [2.75, 3.05) is 13.1 Å². The number of halogens is 2. The van der Waals surface area contributed by atoms with Crippen molar-refractivity contribution in [3.8, 4) is 0 Å². The predicted molar refractivity (Wildman–Crippen MR) is 71.1 cm³/mol. The molecule has 0 saturated carbocycles. The first-order valence-electron chi connectivity index (χ1n) is 5.32. The average Bonchev–Trinajstić information content (AvgIpc) is 2.36. The van der Waals surface area contributed by atoms with E-state index in [-0.39, 0.29) is 17.5 Å². The van der Waals surface area contributed by atoms with Crippen molar-refractivity contribution in [1.29, 1.82) is 0 Å². The lowest BCUT2D eigenvalue weighted by Crippen LogP contribution is -2.32. The molecule has 1 unspecified atom stereocenters. The number of nitrogens with one attached hydrogen (secondary N) is 1. The quantitative estimate of drug-likeness (QED) is 0.433. The molecule has 0 radical (unpaired) electrons. The minimum absolute atomic E-state index is 0.0154. The standard InChI is InChI=1S/C12H15ClFN3O/c1-2-5-16-12(15)17-7-11(18)8-3-4-9(13)10(14)6-8/h2-4,6,11,18H,1,5,7H2,(H3,15,16,17). The van der Waals surface area contributed by atoms with Crippen LogP contribution in [0.5, 0.6) is 0 Å². The topological polar surface area (TPSA) is 70.6 Å². The van der Waals surface area contributed by atoms with Crippen molar-refractivity contribution in [3.63, 3.8) is 0 Å². The fraction of sp³-hybridized carbons (Fsp3) is 0.250. The number of aliphatic hydroxyl groups is 1. The van der Waals surface area contributed by atoms with Crippen LogP contribution < -0.4 is 11.1 Å². The third-order valence-corrected chi connectivity index (χ3v) is 2.50. The van der Waals surface area contributed by atoms with E-state index in [1.165, 1.54) is 12.1 Å². The zero-order chi connectivity index (χ0) is 13.5. The van der Waals surface area contributed by atoms with Gasteiger partial charge in [-0.1, -0.05) is 23.7 Å². The van der Waals surface area contributed by atoms with E-state index in [9.17, 15) is 9.50 Å². The van der Waals surface area contributed by atoms with Gasteiger partial charge in [0.15, 0.2) is 5.96 Å². The van der Waals surface area contributed by atoms with Crippen LogP contribution in [0.1, 0.15) is 11.7 Å². The molecule has 1 aromatic rings. The first kappa shape index (κ1) is 14.5. The van der Waals surface area contributed by atoms with Crippen molar-refractivity contribution >= 4 is 17.6 Å². The number of aliphatic imine (C=N–C) groups is 1. The van der Waals surface area contributed by atoms with Crippen molar-refractivity contribution in [3.05, 3.63) is 47.3 Å². The van der Waals surface area contributed by atoms with Gasteiger partial charge in [-0.05, 0) is 17.7 Å². The summed E-state index contributed by atoms with van der Waals surface area (Å²) in [6.07, 6.45) is 0.703. The third kappa shape index (κ3) is 4.35. The molecule has 1 rings (SSSR count). The summed E-state index contributed by atoms with van der Waals surface area (Å²) >= 11 is 5.55. The summed E-state index contributed by atoms with van der Waals surface area (Å²) in [5, 5.41) is 12.6. The fourth-order valence-corrected chi connectivity index (χ4v) is 1.36. The zero-order valence-electron chi connectivity index (χ0n) is 9.74. The van der Waals surface area contributed by atoms with Crippen LogP contribution in [0.2, 0.25) is 5.02 Å². The molecule has 6 heteroatoms. The fourth-order valence-electron chi connectivity index (χ4n) is 1.24. The smallest absolute Gasteiger partial charge is 0.188 e. The molecule has 1 aromatic carbocycles. The van der Waals surface area contributed by atoms with Crippen molar-refractivity contribution < 1.29 is 9.50 Å². The zero-order valence-corrected chi connectivity index (χ0v) is 10.5. The lowest BCUT2D eigenvalue weighted by atomic mass is 10.1. The maximum absolute atomic E-state index is 13.2. The molecule has 0 saturated heterocycles. The van der Waals surface area contributed by atoms with Crippen LogP contribution in [0, 0.1) is 5.82 Å². The van der Waals surface area contributed by atoms with E-state index < -0.39 is 11.9 Å². The van der Waals surface area contributed by atoms with Gasteiger partial charge in [-0.25, -0.2) is 4.39 Å². The number of aliphatic hydroxyl groups excluding tert-OH is 1. The largest absolute Gasteiger partial charge is 0.386 e. The summed E-state index contributed by atoms with van der Waals surface area (Å²) < 4.78 is 13.2. The van der Waals surface area contributed by atoms with E-state index in [1.807, 2.05) is 0 Å². The SMILES string of the molecule is C=CCNC(N)=NCC(O)c1ccc(Cl)c(F)c1. The summed E-state index contributed by atoms with van der Waals surface area (Å²) in [4.78, 5) is 3.92. The van der Waals surface area contributed by atoms with E-state index in [2.05, 4.69) is 16.9 Å². The van der Waals surface area contributed by atoms with Crippen LogP contribution >= 0.6 is 11.6 Å². The maximum atomic E-state index is 13.2. The Morgan fingerprint density at radius 1 is 1.67 bits per heavy atom. The Balaban J connectivity index is 2.61. The summed E-state index contributed by atoms with van der Waals surface area (Å²) in [5.41, 5.74) is 5.93. The van der Waals surface area contributed by atoms with E-state index in [0.717, 1.165) is 0 Å². The Morgan fingerprint density at radius 2 is 2.39 bits per heavy atom. The number of guanidine groups is 1. The van der Waals surface area contributed by atoms with Gasteiger partial charge in [0.25, 0.3) is 0 Å². The lowest BCUT2D eigenvalue weighted by molar-refractivity contribution is 0.186. The first-order chi connectivity index (χ1) is 8.54. The minimum atomic E-state index is -0.930. The van der Waals surface area contributed by atoms with Gasteiger partial charge < -0.3 is 16.2 Å². The highest BCUT2D eigenvalue weighted by Crippen LogP contribution is 2.20. The van der Waals surface area contributed by atoms with Crippen LogP contribution in [0.25, 0.3) is 0 Å². The molecule has 1 atom stereocenters. The number of hydrogen-bond donors (Lipinski definition) is 3. The molecule has 0 aliphatic heterocycles. The van der Waals surface area contributed by atoms with Gasteiger partial charge in [0.05, 0.1) is 17.7 Å². The van der Waals surface area contributed by atoms with E-state index >= 15 is 0 Å². The van der Waals surface area contributed by atoms with Crippen LogP contribution in [0.3, 0.4) is 0 Å². The Bertz CT molecular complexity index is 451. The second kappa shape index (κ2) is 6.98. The van der Waals surface area contributed by atoms with Crippen molar-refractivity contribution in [2.24, 2.45) is 10.7 Å². The highest BCUT2D eigenvalue weighted by molar-refractivity contribution is 6.30. The number of benzene rings is 1. The summed E-state index contributed by atoms with van der Waals surface area (Å²) in [6, 6.07) is 4.10. The number of nitrogens with zero attached hydrogens (tertiary/aromatic N) is 1. The highest BCUT2D eigenvalue weighted by Gasteiger charge is 2.09. The number of rotatable bonds is 5. The van der Waals surface area contributed by atoms with Gasteiger partial charge in [0.2, 0.25) is 0 Å². The summed E-state index contributed by atoms with van der Waals surface area (Å²) in [6.45, 7) is 4.04. The predicted octanol–water partition coefficient (Wildman–Crippen LogP) is 1.60. The molecule has 18 heavy (non-hydrogen) atoms. The first-order valence-corrected chi connectivity index (χ1v) is 5.70. The lowest BCUT2D eigenvalue weighted by Gasteiger charge is -2.09. The number of hydrogen-bond acceptors (Lipinski definition) is 2. The monoisotopic (exact) mass is 271 g/mol. The molecular weight excluding hydrogens is 257 g/mol. The summed E-state index contributed by atoms with van der Waals surface area (Å²) in [7, 11) is 0. The summed E-state index contributed by atoms with van der Waals surface area (Å²) in [5.74, 6) is -0.377. The Morgan fingerprint density at radius 3 is 3.00 bits per heavy atom. The normalized spacial score (nSPS) is 13.2. The Labute approximate surface area is 110 Å². The molecule has 0 aromatic heterocycles. The molecule has 4 nitrogen and oxygen atoms in total. The van der Waals surface area contributed by atoms with Crippen LogP contribution in [0.15, 0.2) is 35.8 Å². The average molecular weight is 272 g/mol. The number of nitrogens with two attached hydrogens (primary N) is 1. The second-order valence-electron chi connectivity index (χ2n) is 3.58. The molecule has 0 bridgehead atoms. The van der Waals surface area contributed by atoms with E-state index in [1.54, 1.807) is 12.1 Å². The van der Waals surface area contributed by atoms with Crippen molar-refractivity contribution in [1.82, 2.24) is 5.32 Å². The van der Waals surface area contributed by atoms with Gasteiger partial charge in [-0.2, -0.15) is 0 Å². The van der Waals surface area contributed by atoms with Crippen LogP contribution in [0.4, 0.5) is 4.39 Å². The minimum Gasteiger partial charge on any atom is -0.386 e. The molecule has 98 valence electrons. The molecule has 0 spiro atoms. The molecule has 0 amide bonds. The van der Waals surface area contributed by atoms with E-state index in [4.69, 9.17) is 17.3 Å². The van der Waals surface area contributed by atoms with Gasteiger partial charge >= 0.3 is 0 Å². The van der Waals surface area contributed by atoms with E-state index in [0.29, 0.717) is 12.1 Å². The highest BCUT2D eigenvalue weighted by atomic mass is 35.5. The molecule has 0 fully saturated rings. The van der Waals surface area contributed by atoms with Crippen LogP contribution in [-0.4, -0.2) is 24.2 Å². The Kier molecular flexibility index (Phi) is 5.61. The van der Waals surface area contributed by atoms with Gasteiger partial charge in [-0.3, -0.25) is 4.99 Å². The van der Waals surface area contributed by atoms with Gasteiger partial charge in [0, 0.05) is 6.54 Å². The molecule has 0 heterocycles. The van der Waals surface area contributed by atoms with Crippen molar-refractivity contribution in [2.45, 2.75) is 6.10 Å². The van der Waals surface area contributed by atoms with Gasteiger partial charge in [0.1, 0.15) is 5.82 Å². The molecule has 4 N–H and O–H groups in total. The molecular formula is C12H15ClFN3O. The maximum Gasteiger partial charge on any atom is 0.188 e.